The fourth-order valence-electron chi connectivity index (χ4n) is 2.79. The van der Waals surface area contributed by atoms with Gasteiger partial charge in [-0.1, -0.05) is 47.7 Å². The molecule has 0 saturated heterocycles. The van der Waals surface area contributed by atoms with E-state index in [1.54, 1.807) is 7.11 Å². The number of hydrogen-bond acceptors (Lipinski definition) is 5. The number of benzene rings is 2. The van der Waals surface area contributed by atoms with Gasteiger partial charge in [0, 0.05) is 28.4 Å². The zero-order chi connectivity index (χ0) is 17.2. The lowest BCUT2D eigenvalue weighted by atomic mass is 10.1. The van der Waals surface area contributed by atoms with Crippen molar-refractivity contribution >= 4 is 22.7 Å². The quantitative estimate of drug-likeness (QED) is 0.522. The standard InChI is InChI=1S/C19H17N3O2S/c1-12-7-8-17(23-2)13(9-12)11-25-19-22-21-18(24-19)15-10-20-16-6-4-3-5-14(15)16/h3-10,20H,11H2,1-2H3. The van der Waals surface area contributed by atoms with Crippen LogP contribution in [0.5, 0.6) is 5.75 Å². The number of nitrogens with one attached hydrogen (secondary N) is 1. The van der Waals surface area contributed by atoms with E-state index in [9.17, 15) is 0 Å². The minimum atomic E-state index is 0.524. The summed E-state index contributed by atoms with van der Waals surface area (Å²) in [5.74, 6) is 2.10. The van der Waals surface area contributed by atoms with Gasteiger partial charge in [-0.3, -0.25) is 0 Å². The molecule has 0 spiro atoms. The lowest BCUT2D eigenvalue weighted by molar-refractivity contribution is 0.411. The summed E-state index contributed by atoms with van der Waals surface area (Å²) in [6, 6.07) is 14.2. The van der Waals surface area contributed by atoms with Crippen LogP contribution < -0.4 is 4.74 Å². The van der Waals surface area contributed by atoms with Crippen LogP contribution in [0.4, 0.5) is 0 Å². The lowest BCUT2D eigenvalue weighted by Crippen LogP contribution is -1.91. The molecule has 0 amide bonds. The number of aryl methyl sites for hydroxylation is 1. The number of para-hydroxylation sites is 1. The number of methoxy groups -OCH3 is 1. The molecule has 0 radical (unpaired) electrons. The molecule has 4 aromatic rings. The molecular weight excluding hydrogens is 334 g/mol. The first-order valence-electron chi connectivity index (χ1n) is 7.91. The number of rotatable bonds is 5. The molecule has 6 heteroatoms. The van der Waals surface area contributed by atoms with E-state index < -0.39 is 0 Å². The highest BCUT2D eigenvalue weighted by atomic mass is 32.2. The van der Waals surface area contributed by atoms with Gasteiger partial charge >= 0.3 is 0 Å². The minimum Gasteiger partial charge on any atom is -0.496 e. The van der Waals surface area contributed by atoms with Crippen molar-refractivity contribution in [2.24, 2.45) is 0 Å². The Morgan fingerprint density at radius 2 is 2.04 bits per heavy atom. The van der Waals surface area contributed by atoms with E-state index in [4.69, 9.17) is 9.15 Å². The van der Waals surface area contributed by atoms with Crippen LogP contribution in [0.3, 0.4) is 0 Å². The van der Waals surface area contributed by atoms with Crippen molar-refractivity contribution in [3.8, 4) is 17.2 Å². The highest BCUT2D eigenvalue weighted by Gasteiger charge is 2.14. The number of fused-ring (bicyclic) bond motifs is 1. The lowest BCUT2D eigenvalue weighted by Gasteiger charge is -2.07. The first-order chi connectivity index (χ1) is 12.2. The van der Waals surface area contributed by atoms with Crippen LogP contribution in [0.25, 0.3) is 22.4 Å². The number of nitrogens with zero attached hydrogens (tertiary/aromatic N) is 2. The Bertz CT molecular complexity index is 1020. The first-order valence-corrected chi connectivity index (χ1v) is 8.89. The van der Waals surface area contributed by atoms with E-state index in [1.807, 2.05) is 42.6 Å². The number of ether oxygens (including phenoxy) is 1. The predicted octanol–water partition coefficient (Wildman–Crippen LogP) is 4.83. The van der Waals surface area contributed by atoms with E-state index in [0.717, 1.165) is 27.8 Å². The van der Waals surface area contributed by atoms with Crippen LogP contribution in [-0.4, -0.2) is 22.3 Å². The van der Waals surface area contributed by atoms with Crippen LogP contribution in [0, 0.1) is 6.92 Å². The molecule has 2 heterocycles. The average molecular weight is 351 g/mol. The average Bonchev–Trinajstić information content (AvgIpc) is 3.26. The highest BCUT2D eigenvalue weighted by Crippen LogP contribution is 2.32. The smallest absolute Gasteiger partial charge is 0.277 e. The Hall–Kier alpha value is -2.73. The van der Waals surface area contributed by atoms with Crippen LogP contribution in [-0.2, 0) is 5.75 Å². The molecule has 0 fully saturated rings. The maximum absolute atomic E-state index is 5.84. The van der Waals surface area contributed by atoms with E-state index in [0.29, 0.717) is 16.9 Å². The molecule has 0 aliphatic rings. The first kappa shape index (κ1) is 15.8. The number of aromatic amines is 1. The van der Waals surface area contributed by atoms with Gasteiger partial charge < -0.3 is 14.1 Å². The van der Waals surface area contributed by atoms with Crippen LogP contribution in [0.2, 0.25) is 0 Å². The van der Waals surface area contributed by atoms with Gasteiger partial charge in [0.15, 0.2) is 0 Å². The third-order valence-corrected chi connectivity index (χ3v) is 4.88. The van der Waals surface area contributed by atoms with Crippen LogP contribution in [0.15, 0.2) is 58.3 Å². The molecule has 2 aromatic heterocycles. The second-order valence-corrected chi connectivity index (χ2v) is 6.65. The summed E-state index contributed by atoms with van der Waals surface area (Å²) in [5, 5.41) is 9.97. The summed E-state index contributed by atoms with van der Waals surface area (Å²) in [6.07, 6.45) is 1.90. The predicted molar refractivity (Wildman–Crippen MR) is 98.9 cm³/mol. The molecular formula is C19H17N3O2S. The number of aromatic nitrogens is 3. The molecule has 126 valence electrons. The zero-order valence-electron chi connectivity index (χ0n) is 13.9. The van der Waals surface area contributed by atoms with Crippen molar-refractivity contribution in [3.05, 3.63) is 59.8 Å². The van der Waals surface area contributed by atoms with Crippen molar-refractivity contribution in [1.82, 2.24) is 15.2 Å². The van der Waals surface area contributed by atoms with Crippen LogP contribution in [0.1, 0.15) is 11.1 Å². The van der Waals surface area contributed by atoms with E-state index >= 15 is 0 Å². The molecule has 0 bridgehead atoms. The third-order valence-electron chi connectivity index (χ3n) is 4.01. The Balaban J connectivity index is 1.55. The summed E-state index contributed by atoms with van der Waals surface area (Å²) >= 11 is 1.50. The Kier molecular flexibility index (Phi) is 4.19. The van der Waals surface area contributed by atoms with Gasteiger partial charge in [0.05, 0.1) is 12.7 Å². The topological polar surface area (TPSA) is 63.9 Å². The Labute approximate surface area is 149 Å². The molecule has 0 aliphatic heterocycles. The molecule has 0 aliphatic carbocycles. The second kappa shape index (κ2) is 6.64. The van der Waals surface area contributed by atoms with E-state index in [2.05, 4.69) is 28.2 Å². The molecule has 2 aromatic carbocycles. The van der Waals surface area contributed by atoms with Crippen molar-refractivity contribution in [2.45, 2.75) is 17.9 Å². The highest BCUT2D eigenvalue weighted by molar-refractivity contribution is 7.98. The van der Waals surface area contributed by atoms with Crippen molar-refractivity contribution in [2.75, 3.05) is 7.11 Å². The maximum Gasteiger partial charge on any atom is 0.277 e. The summed E-state index contributed by atoms with van der Waals surface area (Å²) in [4.78, 5) is 3.22. The van der Waals surface area contributed by atoms with Gasteiger partial charge in [-0.25, -0.2) is 0 Å². The van der Waals surface area contributed by atoms with Gasteiger partial charge in [-0.15, -0.1) is 10.2 Å². The molecule has 0 saturated carbocycles. The summed E-state index contributed by atoms with van der Waals surface area (Å²) in [7, 11) is 1.68. The fraction of sp³-hybridized carbons (Fsp3) is 0.158. The summed E-state index contributed by atoms with van der Waals surface area (Å²) < 4.78 is 11.3. The van der Waals surface area contributed by atoms with Crippen molar-refractivity contribution in [3.63, 3.8) is 0 Å². The number of thioether (sulfide) groups is 1. The number of hydrogen-bond donors (Lipinski definition) is 1. The van der Waals surface area contributed by atoms with Gasteiger partial charge in [-0.05, 0) is 19.1 Å². The number of H-pyrrole nitrogens is 1. The maximum atomic E-state index is 5.84. The Morgan fingerprint density at radius 3 is 2.92 bits per heavy atom. The largest absolute Gasteiger partial charge is 0.496 e. The second-order valence-electron chi connectivity index (χ2n) is 5.73. The molecule has 25 heavy (non-hydrogen) atoms. The van der Waals surface area contributed by atoms with Crippen molar-refractivity contribution < 1.29 is 9.15 Å². The molecule has 4 rings (SSSR count). The molecule has 1 N–H and O–H groups in total. The van der Waals surface area contributed by atoms with E-state index in [1.165, 1.54) is 17.3 Å². The zero-order valence-corrected chi connectivity index (χ0v) is 14.8. The van der Waals surface area contributed by atoms with Crippen molar-refractivity contribution in [1.29, 1.82) is 0 Å². The summed E-state index contributed by atoms with van der Waals surface area (Å²) in [5.41, 5.74) is 4.28. The SMILES string of the molecule is COc1ccc(C)cc1CSc1nnc(-c2c[nH]c3ccccc23)o1. The molecule has 0 unspecified atom stereocenters. The van der Waals surface area contributed by atoms with Gasteiger partial charge in [0.2, 0.25) is 0 Å². The normalized spacial score (nSPS) is 11.1. The summed E-state index contributed by atoms with van der Waals surface area (Å²) in [6.45, 7) is 2.06. The van der Waals surface area contributed by atoms with E-state index in [-0.39, 0.29) is 0 Å². The van der Waals surface area contributed by atoms with Gasteiger partial charge in [0.25, 0.3) is 11.1 Å². The van der Waals surface area contributed by atoms with Crippen LogP contribution >= 0.6 is 11.8 Å². The minimum absolute atomic E-state index is 0.524. The monoisotopic (exact) mass is 351 g/mol. The van der Waals surface area contributed by atoms with Gasteiger partial charge in [0.1, 0.15) is 5.75 Å². The Morgan fingerprint density at radius 1 is 1.16 bits per heavy atom. The van der Waals surface area contributed by atoms with Gasteiger partial charge in [-0.2, -0.15) is 0 Å². The third kappa shape index (κ3) is 3.13. The fourth-order valence-corrected chi connectivity index (χ4v) is 3.53. The molecule has 5 nitrogen and oxygen atoms in total. The molecule has 0 atom stereocenters.